The van der Waals surface area contributed by atoms with E-state index in [0.717, 1.165) is 22.4 Å². The van der Waals surface area contributed by atoms with Crippen LogP contribution in [0.15, 0.2) is 58.2 Å². The van der Waals surface area contributed by atoms with Crippen molar-refractivity contribution < 1.29 is 17.7 Å². The summed E-state index contributed by atoms with van der Waals surface area (Å²) >= 11 is 1.34. The van der Waals surface area contributed by atoms with Crippen molar-refractivity contribution in [3.63, 3.8) is 0 Å². The molecule has 0 unspecified atom stereocenters. The molecule has 0 aliphatic rings. The first kappa shape index (κ1) is 20.9. The molecule has 31 heavy (non-hydrogen) atoms. The van der Waals surface area contributed by atoms with Gasteiger partial charge in [-0.1, -0.05) is 11.2 Å². The van der Waals surface area contributed by atoms with Gasteiger partial charge in [0.1, 0.15) is 11.3 Å². The highest BCUT2D eigenvalue weighted by atomic mass is 32.2. The number of anilines is 1. The maximum absolute atomic E-state index is 12.8. The maximum Gasteiger partial charge on any atom is 0.263 e. The lowest BCUT2D eigenvalue weighted by molar-refractivity contribution is 0.102. The number of rotatable bonds is 5. The van der Waals surface area contributed by atoms with Crippen molar-refractivity contribution in [1.82, 2.24) is 15.1 Å². The zero-order valence-electron chi connectivity index (χ0n) is 16.9. The molecule has 0 spiro atoms. The van der Waals surface area contributed by atoms with Gasteiger partial charge in [-0.25, -0.2) is 13.4 Å². The molecule has 1 amide bonds. The van der Waals surface area contributed by atoms with Crippen LogP contribution < -0.4 is 5.32 Å². The number of carbonyl (C=O) groups is 1. The Labute approximate surface area is 182 Å². The summed E-state index contributed by atoms with van der Waals surface area (Å²) in [6.07, 6.45) is 4.22. The zero-order valence-corrected chi connectivity index (χ0v) is 18.5. The Hall–Kier alpha value is -3.37. The highest BCUT2D eigenvalue weighted by Gasteiger charge is 2.21. The standard InChI is InChI=1S/C21H18N4O4S2/c1-12-4-9-17(22-10-12)18-13(2)30-21(24-18)25-20(26)16-11-23-29-19(16)14-5-7-15(8-6-14)31(3,27)28/h4-11H,1-3H3,(H,24,25,26). The Morgan fingerprint density at radius 3 is 2.45 bits per heavy atom. The quantitative estimate of drug-likeness (QED) is 0.482. The van der Waals surface area contributed by atoms with Crippen LogP contribution >= 0.6 is 11.3 Å². The Morgan fingerprint density at radius 2 is 1.81 bits per heavy atom. The molecule has 158 valence electrons. The summed E-state index contributed by atoms with van der Waals surface area (Å²) in [6, 6.07) is 9.91. The average Bonchev–Trinajstić information content (AvgIpc) is 3.35. The fourth-order valence-electron chi connectivity index (χ4n) is 2.92. The van der Waals surface area contributed by atoms with Crippen LogP contribution in [-0.2, 0) is 9.84 Å². The molecule has 0 saturated carbocycles. The van der Waals surface area contributed by atoms with Crippen LogP contribution in [0.3, 0.4) is 0 Å². The van der Waals surface area contributed by atoms with Crippen molar-refractivity contribution in [1.29, 1.82) is 0 Å². The van der Waals surface area contributed by atoms with Gasteiger partial charge in [-0.05, 0) is 49.7 Å². The van der Waals surface area contributed by atoms with E-state index in [1.807, 2.05) is 26.0 Å². The fraction of sp³-hybridized carbons (Fsp3) is 0.143. The Kier molecular flexibility index (Phi) is 5.42. The second-order valence-corrected chi connectivity index (χ2v) is 10.2. The number of nitrogens with one attached hydrogen (secondary N) is 1. The van der Waals surface area contributed by atoms with Crippen LogP contribution in [-0.4, -0.2) is 35.7 Å². The van der Waals surface area contributed by atoms with Gasteiger partial charge in [0, 0.05) is 22.9 Å². The third-order valence-corrected chi connectivity index (χ3v) is 6.55. The normalized spacial score (nSPS) is 11.5. The molecule has 0 saturated heterocycles. The van der Waals surface area contributed by atoms with Crippen LogP contribution in [0.2, 0.25) is 0 Å². The molecule has 0 fully saturated rings. The topological polar surface area (TPSA) is 115 Å². The van der Waals surface area contributed by atoms with Gasteiger partial charge in [0.25, 0.3) is 5.91 Å². The van der Waals surface area contributed by atoms with E-state index in [4.69, 9.17) is 4.52 Å². The predicted molar refractivity (Wildman–Crippen MR) is 118 cm³/mol. The molecule has 8 nitrogen and oxygen atoms in total. The second kappa shape index (κ2) is 8.05. The number of hydrogen-bond donors (Lipinski definition) is 1. The fourth-order valence-corrected chi connectivity index (χ4v) is 4.37. The van der Waals surface area contributed by atoms with Crippen molar-refractivity contribution in [2.75, 3.05) is 11.6 Å². The minimum atomic E-state index is -3.32. The molecule has 0 radical (unpaired) electrons. The summed E-state index contributed by atoms with van der Waals surface area (Å²) in [5, 5.41) is 6.94. The van der Waals surface area contributed by atoms with E-state index in [2.05, 4.69) is 20.4 Å². The largest absolute Gasteiger partial charge is 0.355 e. The molecular weight excluding hydrogens is 436 g/mol. The zero-order chi connectivity index (χ0) is 22.2. The van der Waals surface area contributed by atoms with Crippen molar-refractivity contribution in [3.05, 3.63) is 64.8 Å². The summed E-state index contributed by atoms with van der Waals surface area (Å²) in [7, 11) is -3.32. The van der Waals surface area contributed by atoms with Crippen molar-refractivity contribution >= 4 is 32.2 Å². The van der Waals surface area contributed by atoms with Gasteiger partial charge in [0.05, 0.1) is 16.8 Å². The average molecular weight is 455 g/mol. The van der Waals surface area contributed by atoms with E-state index in [1.54, 1.807) is 18.3 Å². The van der Waals surface area contributed by atoms with E-state index in [9.17, 15) is 13.2 Å². The highest BCUT2D eigenvalue weighted by molar-refractivity contribution is 7.90. The molecule has 1 aromatic carbocycles. The first-order chi connectivity index (χ1) is 14.7. The minimum Gasteiger partial charge on any atom is -0.355 e. The molecule has 0 aliphatic carbocycles. The predicted octanol–water partition coefficient (Wildman–Crippen LogP) is 4.13. The number of amides is 1. The number of thiazole rings is 1. The third kappa shape index (κ3) is 4.39. The number of benzene rings is 1. The first-order valence-corrected chi connectivity index (χ1v) is 11.9. The van der Waals surface area contributed by atoms with Crippen LogP contribution in [0.5, 0.6) is 0 Å². The van der Waals surface area contributed by atoms with Crippen LogP contribution in [0, 0.1) is 13.8 Å². The van der Waals surface area contributed by atoms with E-state index in [0.29, 0.717) is 16.4 Å². The smallest absolute Gasteiger partial charge is 0.263 e. The van der Waals surface area contributed by atoms with E-state index >= 15 is 0 Å². The molecule has 0 bridgehead atoms. The van der Waals surface area contributed by atoms with Gasteiger partial charge < -0.3 is 4.52 Å². The van der Waals surface area contributed by atoms with Gasteiger partial charge in [0.15, 0.2) is 20.7 Å². The summed E-state index contributed by atoms with van der Waals surface area (Å²) in [4.78, 5) is 22.8. The number of pyridine rings is 1. The Balaban J connectivity index is 1.58. The summed E-state index contributed by atoms with van der Waals surface area (Å²) in [6.45, 7) is 3.87. The molecule has 3 heterocycles. The maximum atomic E-state index is 12.8. The molecule has 10 heteroatoms. The Morgan fingerprint density at radius 1 is 1.06 bits per heavy atom. The van der Waals surface area contributed by atoms with Crippen molar-refractivity contribution in [3.8, 4) is 22.7 Å². The lowest BCUT2D eigenvalue weighted by Crippen LogP contribution is -2.11. The molecule has 4 rings (SSSR count). The third-order valence-electron chi connectivity index (χ3n) is 4.53. The number of carbonyl (C=O) groups excluding carboxylic acids is 1. The van der Waals surface area contributed by atoms with Gasteiger partial charge in [-0.3, -0.25) is 15.1 Å². The summed E-state index contributed by atoms with van der Waals surface area (Å²) < 4.78 is 28.6. The van der Waals surface area contributed by atoms with Gasteiger partial charge >= 0.3 is 0 Å². The molecule has 4 aromatic rings. The van der Waals surface area contributed by atoms with Crippen molar-refractivity contribution in [2.45, 2.75) is 18.7 Å². The van der Waals surface area contributed by atoms with E-state index in [-0.39, 0.29) is 16.2 Å². The number of sulfone groups is 1. The number of hydrogen-bond acceptors (Lipinski definition) is 8. The van der Waals surface area contributed by atoms with Gasteiger partial charge in [-0.2, -0.15) is 0 Å². The molecule has 0 aliphatic heterocycles. The summed E-state index contributed by atoms with van der Waals surface area (Å²) in [5.74, 6) is -0.188. The number of aryl methyl sites for hydroxylation is 2. The molecule has 0 atom stereocenters. The van der Waals surface area contributed by atoms with Gasteiger partial charge in [-0.15, -0.1) is 11.3 Å². The second-order valence-electron chi connectivity index (χ2n) is 6.96. The SMILES string of the molecule is Cc1ccc(-c2nc(NC(=O)c3cnoc3-c3ccc(S(C)(=O)=O)cc3)sc2C)nc1. The van der Waals surface area contributed by atoms with E-state index < -0.39 is 15.7 Å². The van der Waals surface area contributed by atoms with Crippen molar-refractivity contribution in [2.24, 2.45) is 0 Å². The molecule has 1 N–H and O–H groups in total. The van der Waals surface area contributed by atoms with Crippen LogP contribution in [0.1, 0.15) is 20.8 Å². The van der Waals surface area contributed by atoms with Crippen LogP contribution in [0.25, 0.3) is 22.7 Å². The molecule has 3 aromatic heterocycles. The number of nitrogens with zero attached hydrogens (tertiary/aromatic N) is 3. The van der Waals surface area contributed by atoms with E-state index in [1.165, 1.54) is 29.7 Å². The van der Waals surface area contributed by atoms with Gasteiger partial charge in [0.2, 0.25) is 0 Å². The molecular formula is C21H18N4O4S2. The lowest BCUT2D eigenvalue weighted by atomic mass is 10.1. The summed E-state index contributed by atoms with van der Waals surface area (Å²) in [5.41, 5.74) is 3.25. The Bertz CT molecular complexity index is 1360. The first-order valence-electron chi connectivity index (χ1n) is 9.19. The number of aromatic nitrogens is 3. The van der Waals surface area contributed by atoms with Crippen LogP contribution in [0.4, 0.5) is 5.13 Å². The lowest BCUT2D eigenvalue weighted by Gasteiger charge is -2.03. The minimum absolute atomic E-state index is 0.178. The monoisotopic (exact) mass is 454 g/mol. The highest BCUT2D eigenvalue weighted by Crippen LogP contribution is 2.31.